The Morgan fingerprint density at radius 1 is 1.31 bits per heavy atom. The van der Waals surface area contributed by atoms with Gasteiger partial charge in [-0.3, -0.25) is 10.1 Å². The zero-order chi connectivity index (χ0) is 11.8. The van der Waals surface area contributed by atoms with Gasteiger partial charge in [0.25, 0.3) is 0 Å². The molecule has 0 spiro atoms. The van der Waals surface area contributed by atoms with Crippen molar-refractivity contribution in [3.8, 4) is 0 Å². The average molecular weight is 240 g/mol. The lowest BCUT2D eigenvalue weighted by Crippen LogP contribution is -2.37. The van der Waals surface area contributed by atoms with Crippen LogP contribution in [0.25, 0.3) is 0 Å². The summed E-state index contributed by atoms with van der Waals surface area (Å²) in [6.45, 7) is 0. The number of benzene rings is 1. The molecule has 0 aliphatic carbocycles. The van der Waals surface area contributed by atoms with E-state index in [0.29, 0.717) is 0 Å². The number of rotatable bonds is 3. The molecule has 1 aromatic carbocycles. The summed E-state index contributed by atoms with van der Waals surface area (Å²) in [7, 11) is 0. The summed E-state index contributed by atoms with van der Waals surface area (Å²) in [4.78, 5) is 21.7. The van der Waals surface area contributed by atoms with Crippen molar-refractivity contribution in [3.05, 3.63) is 35.9 Å². The van der Waals surface area contributed by atoms with E-state index in [1.165, 1.54) is 6.21 Å². The molecule has 0 aliphatic rings. The normalized spacial score (nSPS) is 10.1. The fourth-order valence-corrected chi connectivity index (χ4v) is 0.959. The van der Waals surface area contributed by atoms with Gasteiger partial charge < -0.3 is 0 Å². The molecule has 1 rings (SSSR count). The van der Waals surface area contributed by atoms with Crippen molar-refractivity contribution in [3.63, 3.8) is 0 Å². The number of carbonyl (C=O) groups excluding carboxylic acids is 2. The quantitative estimate of drug-likeness (QED) is 0.471. The number of nitrogens with one attached hydrogen (secondary N) is 2. The monoisotopic (exact) mass is 239 g/mol. The lowest BCUT2D eigenvalue weighted by molar-refractivity contribution is -0.117. The van der Waals surface area contributed by atoms with Crippen LogP contribution >= 0.6 is 11.6 Å². The second kappa shape index (κ2) is 6.58. The van der Waals surface area contributed by atoms with Crippen molar-refractivity contribution in [2.45, 2.75) is 0 Å². The van der Waals surface area contributed by atoms with E-state index in [0.717, 1.165) is 5.56 Å². The second-order valence-electron chi connectivity index (χ2n) is 2.79. The lowest BCUT2D eigenvalue weighted by atomic mass is 10.2. The van der Waals surface area contributed by atoms with Crippen LogP contribution in [0.15, 0.2) is 35.4 Å². The number of hydrogen-bond acceptors (Lipinski definition) is 3. The highest BCUT2D eigenvalue weighted by molar-refractivity contribution is 6.28. The summed E-state index contributed by atoms with van der Waals surface area (Å²) < 4.78 is 0. The van der Waals surface area contributed by atoms with Crippen LogP contribution in [0.5, 0.6) is 0 Å². The first-order valence-corrected chi connectivity index (χ1v) is 4.99. The van der Waals surface area contributed by atoms with E-state index in [-0.39, 0.29) is 5.88 Å². The molecule has 0 atom stereocenters. The van der Waals surface area contributed by atoms with Crippen LogP contribution in [-0.4, -0.2) is 24.0 Å². The number of halogens is 1. The molecule has 0 radical (unpaired) electrons. The molecule has 0 fully saturated rings. The summed E-state index contributed by atoms with van der Waals surface area (Å²) in [5.41, 5.74) is 2.98. The predicted molar refractivity (Wildman–Crippen MR) is 61.4 cm³/mol. The van der Waals surface area contributed by atoms with Crippen molar-refractivity contribution in [1.29, 1.82) is 0 Å². The highest BCUT2D eigenvalue weighted by Crippen LogP contribution is 1.92. The first kappa shape index (κ1) is 12.2. The molecule has 0 saturated carbocycles. The van der Waals surface area contributed by atoms with Crippen LogP contribution in [-0.2, 0) is 4.79 Å². The number of amides is 3. The molecular formula is C10H10ClN3O2. The maximum absolute atomic E-state index is 11.0. The van der Waals surface area contributed by atoms with Crippen molar-refractivity contribution >= 4 is 29.8 Å². The van der Waals surface area contributed by atoms with Gasteiger partial charge in [-0.05, 0) is 5.56 Å². The number of imide groups is 1. The van der Waals surface area contributed by atoms with Crippen LogP contribution < -0.4 is 10.7 Å². The maximum atomic E-state index is 11.0. The van der Waals surface area contributed by atoms with E-state index in [4.69, 9.17) is 11.6 Å². The smallest absolute Gasteiger partial charge is 0.276 e. The Bertz CT molecular complexity index is 392. The first-order valence-electron chi connectivity index (χ1n) is 4.46. The zero-order valence-corrected chi connectivity index (χ0v) is 9.07. The zero-order valence-electron chi connectivity index (χ0n) is 8.31. The summed E-state index contributed by atoms with van der Waals surface area (Å²) in [5.74, 6) is -0.843. The van der Waals surface area contributed by atoms with Gasteiger partial charge in [0.2, 0.25) is 5.91 Å². The van der Waals surface area contributed by atoms with E-state index < -0.39 is 11.9 Å². The van der Waals surface area contributed by atoms with Crippen molar-refractivity contribution < 1.29 is 9.59 Å². The van der Waals surface area contributed by atoms with E-state index in [9.17, 15) is 9.59 Å². The van der Waals surface area contributed by atoms with Gasteiger partial charge in [0.05, 0.1) is 6.21 Å². The molecule has 0 aliphatic heterocycles. The second-order valence-corrected chi connectivity index (χ2v) is 3.06. The van der Waals surface area contributed by atoms with Crippen molar-refractivity contribution in [2.75, 3.05) is 5.88 Å². The van der Waals surface area contributed by atoms with E-state index >= 15 is 0 Å². The van der Waals surface area contributed by atoms with E-state index in [2.05, 4.69) is 10.5 Å². The maximum Gasteiger partial charge on any atom is 0.341 e. The highest BCUT2D eigenvalue weighted by Gasteiger charge is 2.03. The molecule has 0 unspecified atom stereocenters. The molecule has 3 amide bonds. The Balaban J connectivity index is 2.37. The summed E-state index contributed by atoms with van der Waals surface area (Å²) in [5, 5.41) is 5.63. The molecule has 6 heteroatoms. The third-order valence-corrected chi connectivity index (χ3v) is 1.80. The number of carbonyl (C=O) groups is 2. The Hall–Kier alpha value is -1.88. The Labute approximate surface area is 97.5 Å². The average Bonchev–Trinajstić information content (AvgIpc) is 2.30. The third-order valence-electron chi connectivity index (χ3n) is 1.55. The van der Waals surface area contributed by atoms with Crippen molar-refractivity contribution in [1.82, 2.24) is 10.7 Å². The third kappa shape index (κ3) is 4.56. The van der Waals surface area contributed by atoms with Crippen LogP contribution in [0.3, 0.4) is 0 Å². The van der Waals surface area contributed by atoms with Gasteiger partial charge in [0.15, 0.2) is 0 Å². The van der Waals surface area contributed by atoms with Gasteiger partial charge >= 0.3 is 6.03 Å². The largest absolute Gasteiger partial charge is 0.341 e. The molecule has 0 saturated heterocycles. The lowest BCUT2D eigenvalue weighted by Gasteiger charge is -1.99. The van der Waals surface area contributed by atoms with E-state index in [1.807, 2.05) is 35.6 Å². The van der Waals surface area contributed by atoms with Gasteiger partial charge in [-0.2, -0.15) is 5.10 Å². The Morgan fingerprint density at radius 2 is 2.00 bits per heavy atom. The molecule has 0 aromatic heterocycles. The summed E-state index contributed by atoms with van der Waals surface area (Å²) in [6.07, 6.45) is 1.46. The van der Waals surface area contributed by atoms with Gasteiger partial charge in [0, 0.05) is 0 Å². The van der Waals surface area contributed by atoms with Crippen LogP contribution in [0, 0.1) is 0 Å². The molecule has 84 valence electrons. The number of hydrazone groups is 1. The van der Waals surface area contributed by atoms with Crippen molar-refractivity contribution in [2.24, 2.45) is 5.10 Å². The molecule has 2 N–H and O–H groups in total. The molecule has 1 aromatic rings. The predicted octanol–water partition coefficient (Wildman–Crippen LogP) is 1.09. The topological polar surface area (TPSA) is 70.6 Å². The van der Waals surface area contributed by atoms with Gasteiger partial charge in [-0.1, -0.05) is 30.3 Å². The number of nitrogens with zero attached hydrogens (tertiary/aromatic N) is 1. The number of urea groups is 1. The minimum Gasteiger partial charge on any atom is -0.276 e. The molecule has 16 heavy (non-hydrogen) atoms. The minimum absolute atomic E-state index is 0.268. The van der Waals surface area contributed by atoms with Gasteiger partial charge in [-0.25, -0.2) is 10.2 Å². The van der Waals surface area contributed by atoms with Crippen LogP contribution in [0.2, 0.25) is 0 Å². The van der Waals surface area contributed by atoms with Crippen LogP contribution in [0.4, 0.5) is 4.79 Å². The standard InChI is InChI=1S/C10H10ClN3O2/c11-6-9(15)13-10(16)14-12-7-8-4-2-1-3-5-8/h1-5,7H,6H2,(H2,13,14,15,16). The fourth-order valence-electron chi connectivity index (χ4n) is 0.893. The van der Waals surface area contributed by atoms with Crippen LogP contribution in [0.1, 0.15) is 5.56 Å². The summed E-state index contributed by atoms with van der Waals surface area (Å²) in [6, 6.07) is 8.51. The first-order chi connectivity index (χ1) is 7.72. The minimum atomic E-state index is -0.710. The fraction of sp³-hybridized carbons (Fsp3) is 0.100. The SMILES string of the molecule is O=C(CCl)NC(=O)NN=Cc1ccccc1. The Morgan fingerprint density at radius 3 is 2.62 bits per heavy atom. The molecular weight excluding hydrogens is 230 g/mol. The number of alkyl halides is 1. The highest BCUT2D eigenvalue weighted by atomic mass is 35.5. The molecule has 0 bridgehead atoms. The molecule has 5 nitrogen and oxygen atoms in total. The Kier molecular flexibility index (Phi) is 5.01. The van der Waals surface area contributed by atoms with E-state index in [1.54, 1.807) is 0 Å². The molecule has 0 heterocycles. The van der Waals surface area contributed by atoms with Gasteiger partial charge in [-0.15, -0.1) is 11.6 Å². The summed E-state index contributed by atoms with van der Waals surface area (Å²) >= 11 is 5.20. The number of hydrogen-bond donors (Lipinski definition) is 2. The van der Waals surface area contributed by atoms with Gasteiger partial charge in [0.1, 0.15) is 5.88 Å².